The molecule has 8 heteroatoms. The van der Waals surface area contributed by atoms with Gasteiger partial charge < -0.3 is 15.8 Å². The summed E-state index contributed by atoms with van der Waals surface area (Å²) < 4.78 is 54.4. The molecule has 4 nitrogen and oxygen atoms in total. The van der Waals surface area contributed by atoms with Crippen LogP contribution in [0.2, 0.25) is 0 Å². The highest BCUT2D eigenvalue weighted by Crippen LogP contribution is 2.29. The first-order chi connectivity index (χ1) is 11.2. The van der Waals surface area contributed by atoms with E-state index in [-0.39, 0.29) is 24.0 Å². The van der Waals surface area contributed by atoms with Crippen LogP contribution in [-0.4, -0.2) is 12.3 Å². The highest BCUT2D eigenvalue weighted by molar-refractivity contribution is 5.93. The van der Waals surface area contributed by atoms with Crippen LogP contribution in [0, 0.1) is 12.7 Å². The Bertz CT molecular complexity index is 744. The Labute approximate surface area is 136 Å². The molecular weight excluding hydrogens is 326 g/mol. The second kappa shape index (κ2) is 7.20. The first-order valence-corrected chi connectivity index (χ1v) is 6.91. The quantitative estimate of drug-likeness (QED) is 0.503. The van der Waals surface area contributed by atoms with Gasteiger partial charge in [-0.05, 0) is 36.2 Å². The molecule has 0 aliphatic carbocycles. The number of halogens is 4. The van der Waals surface area contributed by atoms with Crippen molar-refractivity contribution in [3.8, 4) is 5.75 Å². The molecule has 0 radical (unpaired) electrons. The number of nitrogens with two attached hydrogens (primary N) is 1. The van der Waals surface area contributed by atoms with Crippen molar-refractivity contribution in [3.63, 3.8) is 0 Å². The van der Waals surface area contributed by atoms with Crippen molar-refractivity contribution < 1.29 is 22.3 Å². The number of aliphatic imine (C=N–C) groups is 1. The van der Waals surface area contributed by atoms with Crippen LogP contribution in [0.1, 0.15) is 11.1 Å². The maximum atomic E-state index is 13.4. The lowest BCUT2D eigenvalue weighted by atomic mass is 10.1. The van der Waals surface area contributed by atoms with Gasteiger partial charge >= 0.3 is 6.36 Å². The molecule has 0 saturated heterocycles. The molecule has 3 N–H and O–H groups in total. The number of guanidine groups is 1. The predicted molar refractivity (Wildman–Crippen MR) is 83.2 cm³/mol. The first kappa shape index (κ1) is 17.6. The number of aryl methyl sites for hydroxylation is 1. The summed E-state index contributed by atoms with van der Waals surface area (Å²) in [5.74, 6) is -0.906. The number of anilines is 1. The number of ether oxygens (including phenoxy) is 1. The van der Waals surface area contributed by atoms with E-state index in [1.165, 1.54) is 24.3 Å². The molecule has 2 rings (SSSR count). The maximum Gasteiger partial charge on any atom is 0.573 e. The van der Waals surface area contributed by atoms with Crippen molar-refractivity contribution in [2.45, 2.75) is 19.8 Å². The van der Waals surface area contributed by atoms with Gasteiger partial charge in [-0.25, -0.2) is 9.38 Å². The summed E-state index contributed by atoms with van der Waals surface area (Å²) in [6.45, 7) is 1.72. The number of hydrogen-bond donors (Lipinski definition) is 2. The minimum atomic E-state index is -4.82. The Kier molecular flexibility index (Phi) is 5.28. The third-order valence-corrected chi connectivity index (χ3v) is 3.04. The van der Waals surface area contributed by atoms with E-state index >= 15 is 0 Å². The Morgan fingerprint density at radius 3 is 2.58 bits per heavy atom. The fourth-order valence-corrected chi connectivity index (χ4v) is 1.87. The molecule has 0 atom stereocenters. The van der Waals surface area contributed by atoms with Crippen LogP contribution in [0.15, 0.2) is 47.5 Å². The molecule has 2 aromatic carbocycles. The van der Waals surface area contributed by atoms with Gasteiger partial charge in [-0.1, -0.05) is 24.3 Å². The zero-order chi connectivity index (χ0) is 17.7. The Morgan fingerprint density at radius 2 is 1.92 bits per heavy atom. The smallest absolute Gasteiger partial charge is 0.404 e. The van der Waals surface area contributed by atoms with Gasteiger partial charge in [0, 0.05) is 0 Å². The predicted octanol–water partition coefficient (Wildman–Crippen LogP) is 3.96. The van der Waals surface area contributed by atoms with Crippen molar-refractivity contribution in [1.29, 1.82) is 0 Å². The van der Waals surface area contributed by atoms with Gasteiger partial charge in [-0.15, -0.1) is 13.2 Å². The summed E-state index contributed by atoms with van der Waals surface area (Å²) >= 11 is 0. The zero-order valence-electron chi connectivity index (χ0n) is 12.7. The van der Waals surface area contributed by atoms with E-state index in [0.717, 1.165) is 6.07 Å². The van der Waals surface area contributed by atoms with Gasteiger partial charge in [-0.2, -0.15) is 0 Å². The third-order valence-electron chi connectivity index (χ3n) is 3.04. The van der Waals surface area contributed by atoms with Crippen LogP contribution in [0.3, 0.4) is 0 Å². The summed E-state index contributed by atoms with van der Waals surface area (Å²) in [5.41, 5.74) is 6.77. The SMILES string of the molecule is Cc1ccc(CN=C(N)Nc2ccccc2OC(F)(F)F)cc1F. The molecule has 0 fully saturated rings. The molecule has 2 aromatic rings. The number of alkyl halides is 3. The minimum absolute atomic E-state index is 0.0196. The maximum absolute atomic E-state index is 13.4. The number of para-hydroxylation sites is 2. The van der Waals surface area contributed by atoms with Crippen molar-refractivity contribution in [3.05, 3.63) is 59.4 Å². The molecule has 0 aliphatic rings. The monoisotopic (exact) mass is 341 g/mol. The fraction of sp³-hybridized carbons (Fsp3) is 0.188. The third kappa shape index (κ3) is 5.15. The normalized spacial score (nSPS) is 12.1. The van der Waals surface area contributed by atoms with Gasteiger partial charge in [0.1, 0.15) is 5.82 Å². The zero-order valence-corrected chi connectivity index (χ0v) is 12.7. The summed E-state index contributed by atoms with van der Waals surface area (Å²) in [5, 5.41) is 2.54. The van der Waals surface area contributed by atoms with E-state index < -0.39 is 12.1 Å². The summed E-state index contributed by atoms with van der Waals surface area (Å²) in [6, 6.07) is 10.1. The molecule has 128 valence electrons. The van der Waals surface area contributed by atoms with Crippen LogP contribution in [-0.2, 0) is 6.54 Å². The van der Waals surface area contributed by atoms with Crippen LogP contribution in [0.4, 0.5) is 23.2 Å². The van der Waals surface area contributed by atoms with Crippen LogP contribution in [0.25, 0.3) is 0 Å². The largest absolute Gasteiger partial charge is 0.573 e. The molecule has 0 heterocycles. The molecule has 0 saturated carbocycles. The van der Waals surface area contributed by atoms with Crippen molar-refractivity contribution in [2.75, 3.05) is 5.32 Å². The second-order valence-corrected chi connectivity index (χ2v) is 4.95. The fourth-order valence-electron chi connectivity index (χ4n) is 1.87. The number of nitrogens with one attached hydrogen (secondary N) is 1. The van der Waals surface area contributed by atoms with Crippen LogP contribution in [0.5, 0.6) is 5.75 Å². The molecule has 0 amide bonds. The molecule has 0 bridgehead atoms. The van der Waals surface area contributed by atoms with Gasteiger partial charge in [-0.3, -0.25) is 0 Å². The molecule has 0 spiro atoms. The Hall–Kier alpha value is -2.77. The highest BCUT2D eigenvalue weighted by atomic mass is 19.4. The highest BCUT2D eigenvalue weighted by Gasteiger charge is 2.32. The van der Waals surface area contributed by atoms with Gasteiger partial charge in [0.2, 0.25) is 0 Å². The lowest BCUT2D eigenvalue weighted by molar-refractivity contribution is -0.274. The number of benzene rings is 2. The average molecular weight is 341 g/mol. The van der Waals surface area contributed by atoms with Gasteiger partial charge in [0.15, 0.2) is 11.7 Å². The molecule has 24 heavy (non-hydrogen) atoms. The molecule has 0 unspecified atom stereocenters. The number of hydrogen-bond acceptors (Lipinski definition) is 2. The minimum Gasteiger partial charge on any atom is -0.404 e. The van der Waals surface area contributed by atoms with Crippen molar-refractivity contribution in [2.24, 2.45) is 10.7 Å². The summed E-state index contributed by atoms with van der Waals surface area (Å²) in [7, 11) is 0. The standard InChI is InChI=1S/C16H15F4N3O/c1-10-6-7-11(8-12(10)17)9-22-15(21)23-13-4-2-3-5-14(13)24-16(18,19)20/h2-8H,9H2,1H3,(H3,21,22,23). The van der Waals surface area contributed by atoms with Crippen molar-refractivity contribution in [1.82, 2.24) is 0 Å². The van der Waals surface area contributed by atoms with E-state index in [2.05, 4.69) is 15.0 Å². The van der Waals surface area contributed by atoms with Crippen LogP contribution >= 0.6 is 0 Å². The summed E-state index contributed by atoms with van der Waals surface area (Å²) in [6.07, 6.45) is -4.82. The summed E-state index contributed by atoms with van der Waals surface area (Å²) in [4.78, 5) is 3.98. The van der Waals surface area contributed by atoms with Crippen LogP contribution < -0.4 is 15.8 Å². The molecule has 0 aromatic heterocycles. The van der Waals surface area contributed by atoms with E-state index in [9.17, 15) is 17.6 Å². The molecular formula is C16H15F4N3O. The van der Waals surface area contributed by atoms with E-state index in [0.29, 0.717) is 11.1 Å². The van der Waals surface area contributed by atoms with E-state index in [1.807, 2.05) is 0 Å². The van der Waals surface area contributed by atoms with Gasteiger partial charge in [0.25, 0.3) is 0 Å². The second-order valence-electron chi connectivity index (χ2n) is 4.95. The Balaban J connectivity index is 2.08. The Morgan fingerprint density at radius 1 is 1.21 bits per heavy atom. The number of nitrogens with zero attached hydrogens (tertiary/aromatic N) is 1. The average Bonchev–Trinajstić information content (AvgIpc) is 2.49. The lowest BCUT2D eigenvalue weighted by Crippen LogP contribution is -2.24. The lowest BCUT2D eigenvalue weighted by Gasteiger charge is -2.14. The topological polar surface area (TPSA) is 59.6 Å². The van der Waals surface area contributed by atoms with Crippen molar-refractivity contribution >= 4 is 11.6 Å². The molecule has 0 aliphatic heterocycles. The van der Waals surface area contributed by atoms with E-state index in [1.54, 1.807) is 19.1 Å². The number of rotatable bonds is 4. The van der Waals surface area contributed by atoms with E-state index in [4.69, 9.17) is 5.73 Å². The van der Waals surface area contributed by atoms with Gasteiger partial charge in [0.05, 0.1) is 12.2 Å². The first-order valence-electron chi connectivity index (χ1n) is 6.91.